The van der Waals surface area contributed by atoms with Crippen molar-refractivity contribution >= 4 is 29.2 Å². The van der Waals surface area contributed by atoms with E-state index in [4.69, 9.17) is 18.0 Å². The summed E-state index contributed by atoms with van der Waals surface area (Å²) in [4.78, 5) is 2.04. The van der Waals surface area contributed by atoms with Crippen LogP contribution < -0.4 is 10.6 Å². The number of hydrogen-bond acceptors (Lipinski definition) is 3. The zero-order valence-electron chi connectivity index (χ0n) is 9.71. The lowest BCUT2D eigenvalue weighted by atomic mass is 10.2. The number of nitrogens with zero attached hydrogens (tertiary/aromatic N) is 3. The monoisotopic (exact) mass is 236 g/mol. The normalized spacial score (nSPS) is 10.4. The van der Waals surface area contributed by atoms with Crippen molar-refractivity contribution in [3.63, 3.8) is 0 Å². The van der Waals surface area contributed by atoms with Crippen molar-refractivity contribution in [3.8, 4) is 0 Å². The van der Waals surface area contributed by atoms with E-state index in [1.54, 1.807) is 13.3 Å². The zero-order chi connectivity index (χ0) is 12.1. The summed E-state index contributed by atoms with van der Waals surface area (Å²) in [5.74, 6) is 0. The van der Waals surface area contributed by atoms with Crippen LogP contribution in [0.1, 0.15) is 5.56 Å². The lowest BCUT2D eigenvalue weighted by Gasteiger charge is -2.12. The van der Waals surface area contributed by atoms with Crippen molar-refractivity contribution in [1.29, 1.82) is 0 Å². The topological polar surface area (TPSA) is 44.9 Å². The molecule has 0 heterocycles. The lowest BCUT2D eigenvalue weighted by molar-refractivity contribution is 0.552. The van der Waals surface area contributed by atoms with Gasteiger partial charge in [-0.15, -0.1) is 0 Å². The Labute approximate surface area is 101 Å². The van der Waals surface area contributed by atoms with Crippen molar-refractivity contribution < 1.29 is 0 Å². The van der Waals surface area contributed by atoms with Crippen LogP contribution >= 0.6 is 12.2 Å². The van der Waals surface area contributed by atoms with Gasteiger partial charge in [-0.1, -0.05) is 12.1 Å². The predicted octanol–water partition coefficient (Wildman–Crippen LogP) is 1.26. The molecule has 0 unspecified atom stereocenters. The highest BCUT2D eigenvalue weighted by atomic mass is 32.1. The Morgan fingerprint density at radius 2 is 1.81 bits per heavy atom. The second kappa shape index (κ2) is 5.46. The number of hydrazone groups is 1. The average Bonchev–Trinajstić information content (AvgIpc) is 2.26. The van der Waals surface area contributed by atoms with E-state index in [1.165, 1.54) is 5.01 Å². The molecule has 0 amide bonds. The van der Waals surface area contributed by atoms with Crippen LogP contribution in [-0.4, -0.2) is 37.5 Å². The molecule has 0 aliphatic carbocycles. The first kappa shape index (κ1) is 12.4. The van der Waals surface area contributed by atoms with Crippen LogP contribution in [0.25, 0.3) is 0 Å². The molecule has 0 atom stereocenters. The molecule has 4 nitrogen and oxygen atoms in total. The number of nitrogens with two attached hydrogens (primary N) is 1. The minimum Gasteiger partial charge on any atom is -0.378 e. The Morgan fingerprint density at radius 1 is 1.25 bits per heavy atom. The van der Waals surface area contributed by atoms with Gasteiger partial charge in [-0.3, -0.25) is 0 Å². The molecule has 1 aromatic carbocycles. The van der Waals surface area contributed by atoms with E-state index in [1.807, 2.05) is 43.3 Å². The summed E-state index contributed by atoms with van der Waals surface area (Å²) < 4.78 is 0. The molecule has 2 N–H and O–H groups in total. The molecule has 1 rings (SSSR count). The molecular weight excluding hydrogens is 220 g/mol. The van der Waals surface area contributed by atoms with Crippen molar-refractivity contribution in [3.05, 3.63) is 29.8 Å². The molecule has 16 heavy (non-hydrogen) atoms. The van der Waals surface area contributed by atoms with E-state index in [2.05, 4.69) is 5.10 Å². The van der Waals surface area contributed by atoms with Crippen LogP contribution in [0.2, 0.25) is 0 Å². The second-order valence-corrected chi connectivity index (χ2v) is 4.01. The van der Waals surface area contributed by atoms with Crippen LogP contribution in [0.15, 0.2) is 29.4 Å². The molecule has 0 spiro atoms. The van der Waals surface area contributed by atoms with Gasteiger partial charge in [-0.25, -0.2) is 5.01 Å². The van der Waals surface area contributed by atoms with Crippen LogP contribution in [0.5, 0.6) is 0 Å². The molecule has 0 aliphatic heterocycles. The highest BCUT2D eigenvalue weighted by molar-refractivity contribution is 7.80. The summed E-state index contributed by atoms with van der Waals surface area (Å²) in [5.41, 5.74) is 7.56. The molecule has 86 valence electrons. The summed E-state index contributed by atoms with van der Waals surface area (Å²) in [6.07, 6.45) is 1.72. The zero-order valence-corrected chi connectivity index (χ0v) is 10.5. The molecule has 5 heteroatoms. The van der Waals surface area contributed by atoms with E-state index >= 15 is 0 Å². The SMILES string of the molecule is CN(N=Cc1ccc(N(C)C)cc1)C(N)=S. The van der Waals surface area contributed by atoms with E-state index in [9.17, 15) is 0 Å². The van der Waals surface area contributed by atoms with Gasteiger partial charge in [-0.05, 0) is 29.9 Å². The Hall–Kier alpha value is -1.62. The van der Waals surface area contributed by atoms with Crippen molar-refractivity contribution in [1.82, 2.24) is 5.01 Å². The largest absolute Gasteiger partial charge is 0.378 e. The Bertz CT molecular complexity index is 383. The average molecular weight is 236 g/mol. The molecule has 1 aromatic rings. The Morgan fingerprint density at radius 3 is 2.25 bits per heavy atom. The van der Waals surface area contributed by atoms with Crippen molar-refractivity contribution in [2.24, 2.45) is 10.8 Å². The molecule has 0 saturated heterocycles. The fourth-order valence-electron chi connectivity index (χ4n) is 1.07. The maximum absolute atomic E-state index is 5.40. The quantitative estimate of drug-likeness (QED) is 0.487. The van der Waals surface area contributed by atoms with Gasteiger partial charge in [0.25, 0.3) is 0 Å². The molecule has 0 radical (unpaired) electrons. The van der Waals surface area contributed by atoms with Gasteiger partial charge in [0.05, 0.1) is 6.21 Å². The fraction of sp³-hybridized carbons (Fsp3) is 0.273. The first-order valence-electron chi connectivity index (χ1n) is 4.85. The minimum absolute atomic E-state index is 0.251. The van der Waals surface area contributed by atoms with E-state index in [0.29, 0.717) is 0 Å². The highest BCUT2D eigenvalue weighted by Gasteiger charge is 1.96. The van der Waals surface area contributed by atoms with Gasteiger partial charge in [0, 0.05) is 26.8 Å². The Kier molecular flexibility index (Phi) is 4.25. The third kappa shape index (κ3) is 3.51. The number of rotatable bonds is 3. The first-order chi connectivity index (χ1) is 7.50. The first-order valence-corrected chi connectivity index (χ1v) is 5.26. The van der Waals surface area contributed by atoms with Crippen molar-refractivity contribution in [2.75, 3.05) is 26.0 Å². The smallest absolute Gasteiger partial charge is 0.186 e. The van der Waals surface area contributed by atoms with Gasteiger partial charge in [-0.2, -0.15) is 5.10 Å². The van der Waals surface area contributed by atoms with E-state index < -0.39 is 0 Å². The lowest BCUT2D eigenvalue weighted by Crippen LogP contribution is -2.27. The number of hydrogen-bond donors (Lipinski definition) is 1. The molecule has 0 saturated carbocycles. The predicted molar refractivity (Wildman–Crippen MR) is 72.9 cm³/mol. The summed E-state index contributed by atoms with van der Waals surface area (Å²) >= 11 is 4.77. The summed E-state index contributed by atoms with van der Waals surface area (Å²) in [6.45, 7) is 0. The highest BCUT2D eigenvalue weighted by Crippen LogP contribution is 2.10. The van der Waals surface area contributed by atoms with Crippen LogP contribution in [-0.2, 0) is 0 Å². The van der Waals surface area contributed by atoms with E-state index in [-0.39, 0.29) is 5.11 Å². The van der Waals surface area contributed by atoms with Gasteiger partial charge < -0.3 is 10.6 Å². The number of anilines is 1. The third-order valence-corrected chi connectivity index (χ3v) is 2.37. The van der Waals surface area contributed by atoms with Gasteiger partial charge >= 0.3 is 0 Å². The third-order valence-electron chi connectivity index (χ3n) is 2.11. The van der Waals surface area contributed by atoms with Gasteiger partial charge in [0.15, 0.2) is 5.11 Å². The minimum atomic E-state index is 0.251. The summed E-state index contributed by atoms with van der Waals surface area (Å²) in [5, 5.41) is 5.80. The van der Waals surface area contributed by atoms with Crippen LogP contribution in [0, 0.1) is 0 Å². The maximum atomic E-state index is 5.40. The number of thiocarbonyl (C=S) groups is 1. The molecule has 0 aliphatic rings. The summed E-state index contributed by atoms with van der Waals surface area (Å²) in [6, 6.07) is 8.04. The summed E-state index contributed by atoms with van der Waals surface area (Å²) in [7, 11) is 5.72. The van der Waals surface area contributed by atoms with Crippen molar-refractivity contribution in [2.45, 2.75) is 0 Å². The maximum Gasteiger partial charge on any atom is 0.186 e. The molecule has 0 bridgehead atoms. The van der Waals surface area contributed by atoms with Crippen LogP contribution in [0.4, 0.5) is 5.69 Å². The molecular formula is C11H16N4S. The van der Waals surface area contributed by atoms with Crippen LogP contribution in [0.3, 0.4) is 0 Å². The van der Waals surface area contributed by atoms with E-state index in [0.717, 1.165) is 11.3 Å². The fourth-order valence-corrected chi connectivity index (χ4v) is 1.12. The Balaban J connectivity index is 2.72. The number of benzene rings is 1. The van der Waals surface area contributed by atoms with Gasteiger partial charge in [0.1, 0.15) is 0 Å². The second-order valence-electron chi connectivity index (χ2n) is 3.59. The standard InChI is InChI=1S/C11H16N4S/c1-14(2)10-6-4-9(5-7-10)8-13-15(3)11(12)16/h4-8H,1-3H3,(H2,12,16). The van der Waals surface area contributed by atoms with Gasteiger partial charge in [0.2, 0.25) is 0 Å². The molecule has 0 aromatic heterocycles. The molecule has 0 fully saturated rings.